The molecule has 0 radical (unpaired) electrons. The molecule has 8 nitrogen and oxygen atoms in total. The molecule has 2 atom stereocenters. The number of aromatic nitrogens is 6. The van der Waals surface area contributed by atoms with Gasteiger partial charge in [0.25, 0.3) is 0 Å². The van der Waals surface area contributed by atoms with Gasteiger partial charge in [0.2, 0.25) is 5.95 Å². The van der Waals surface area contributed by atoms with E-state index in [1.54, 1.807) is 6.20 Å². The summed E-state index contributed by atoms with van der Waals surface area (Å²) in [4.78, 5) is 20.7. The van der Waals surface area contributed by atoms with Crippen LogP contribution in [-0.4, -0.2) is 55.1 Å². The average molecular weight is 486 g/mol. The highest BCUT2D eigenvalue weighted by Gasteiger charge is 2.79. The molecule has 0 N–H and O–H groups in total. The van der Waals surface area contributed by atoms with Gasteiger partial charge in [-0.25, -0.2) is 15.0 Å². The fourth-order valence-corrected chi connectivity index (χ4v) is 6.19. The summed E-state index contributed by atoms with van der Waals surface area (Å²) in [7, 11) is 0. The largest absolute Gasteiger partial charge is 0.394 e. The highest BCUT2D eigenvalue weighted by molar-refractivity contribution is 5.76. The third-order valence-corrected chi connectivity index (χ3v) is 8.11. The van der Waals surface area contributed by atoms with E-state index in [9.17, 15) is 13.2 Å². The Kier molecular flexibility index (Phi) is 4.23. The number of morpholine rings is 1. The van der Waals surface area contributed by atoms with E-state index in [-0.39, 0.29) is 31.5 Å². The number of rotatable bonds is 4. The van der Waals surface area contributed by atoms with Gasteiger partial charge >= 0.3 is 6.18 Å². The summed E-state index contributed by atoms with van der Waals surface area (Å²) >= 11 is 0. The molecule has 8 rings (SSSR count). The van der Waals surface area contributed by atoms with Crippen molar-refractivity contribution >= 4 is 17.1 Å². The fourth-order valence-electron chi connectivity index (χ4n) is 6.19. The number of halogens is 3. The van der Waals surface area contributed by atoms with Crippen LogP contribution in [0.3, 0.4) is 0 Å². The van der Waals surface area contributed by atoms with Gasteiger partial charge in [-0.1, -0.05) is 0 Å². The molecule has 3 aromatic rings. The van der Waals surface area contributed by atoms with E-state index in [0.29, 0.717) is 47.6 Å². The van der Waals surface area contributed by atoms with Crippen LogP contribution in [0.2, 0.25) is 0 Å². The fraction of sp³-hybridized carbons (Fsp3) is 0.625. The van der Waals surface area contributed by atoms with Gasteiger partial charge in [0.1, 0.15) is 11.6 Å². The quantitative estimate of drug-likeness (QED) is 0.548. The molecule has 5 fully saturated rings. The third kappa shape index (κ3) is 3.19. The van der Waals surface area contributed by atoms with Crippen LogP contribution >= 0.6 is 0 Å². The van der Waals surface area contributed by atoms with Gasteiger partial charge in [-0.15, -0.1) is 0 Å². The number of alkyl halides is 3. The minimum atomic E-state index is -4.18. The lowest BCUT2D eigenvalue weighted by Gasteiger charge is -2.70. The molecular weight excluding hydrogens is 459 g/mol. The van der Waals surface area contributed by atoms with E-state index in [0.717, 1.165) is 18.4 Å². The molecule has 184 valence electrons. The second-order valence-corrected chi connectivity index (χ2v) is 11.0. The normalized spacial score (nSPS) is 32.4. The van der Waals surface area contributed by atoms with Gasteiger partial charge in [-0.2, -0.15) is 23.3 Å². The summed E-state index contributed by atoms with van der Waals surface area (Å²) in [5.41, 5.74) is 1.11. The Bertz CT molecular complexity index is 1310. The molecular formula is C24H26F3N7O. The van der Waals surface area contributed by atoms with Gasteiger partial charge < -0.3 is 9.64 Å². The highest BCUT2D eigenvalue weighted by atomic mass is 19.4. The van der Waals surface area contributed by atoms with Crippen molar-refractivity contribution in [2.75, 3.05) is 18.0 Å². The number of aryl methyl sites for hydroxylation is 1. The van der Waals surface area contributed by atoms with Crippen LogP contribution < -0.4 is 4.90 Å². The van der Waals surface area contributed by atoms with Crippen LogP contribution in [0.15, 0.2) is 18.6 Å². The Balaban J connectivity index is 1.24. The smallest absolute Gasteiger partial charge is 0.367 e. The first-order valence-corrected chi connectivity index (χ1v) is 12.2. The molecule has 11 heteroatoms. The molecule has 0 unspecified atom stereocenters. The number of hydrogen-bond donors (Lipinski definition) is 0. The molecule has 0 aromatic carbocycles. The molecule has 4 heterocycles. The number of anilines is 1. The van der Waals surface area contributed by atoms with Crippen molar-refractivity contribution in [3.8, 4) is 0 Å². The van der Waals surface area contributed by atoms with Crippen molar-refractivity contribution in [1.82, 2.24) is 29.7 Å². The average Bonchev–Trinajstić information content (AvgIpc) is 3.46. The van der Waals surface area contributed by atoms with Crippen LogP contribution in [0.5, 0.6) is 0 Å². The molecule has 4 saturated carbocycles. The van der Waals surface area contributed by atoms with Crippen molar-refractivity contribution in [1.29, 1.82) is 0 Å². The topological polar surface area (TPSA) is 81.9 Å². The molecule has 4 aliphatic carbocycles. The Morgan fingerprint density at radius 1 is 1.06 bits per heavy atom. The SMILES string of the molecule is Cc1cnc2c(C34CC(C(F)(F)F)(C3)C4)nc(N3C[C@@H](C)O[C@H](c4cnn(C5CC5)c4)C3)nc2n1. The monoisotopic (exact) mass is 485 g/mol. The Morgan fingerprint density at radius 2 is 1.83 bits per heavy atom. The standard InChI is InChI=1S/C24H26F3N7O/c1-13-5-28-18-19(22-10-23(11-22,12-22)24(25,26)27)31-21(32-20(18)30-13)33-7-14(2)35-17(9-33)15-6-29-34(8-15)16-3-4-16/h5-6,8,14,16-17H,3-4,7,9-12H2,1-2H3/t14-,17+,22?,23?/m1/s1. The molecule has 1 saturated heterocycles. The lowest BCUT2D eigenvalue weighted by atomic mass is 9.34. The van der Waals surface area contributed by atoms with E-state index in [1.807, 2.05) is 24.7 Å². The van der Waals surface area contributed by atoms with Gasteiger partial charge in [0, 0.05) is 29.9 Å². The van der Waals surface area contributed by atoms with Gasteiger partial charge in [-0.05, 0) is 46.0 Å². The van der Waals surface area contributed by atoms with Crippen molar-refractivity contribution in [3.63, 3.8) is 0 Å². The molecule has 2 bridgehead atoms. The Labute approximate surface area is 199 Å². The van der Waals surface area contributed by atoms with E-state index >= 15 is 0 Å². The second kappa shape index (κ2) is 6.89. The zero-order valence-corrected chi connectivity index (χ0v) is 19.6. The lowest BCUT2D eigenvalue weighted by Crippen LogP contribution is -2.70. The molecule has 1 aliphatic heterocycles. The van der Waals surface area contributed by atoms with E-state index < -0.39 is 17.0 Å². The summed E-state index contributed by atoms with van der Waals surface area (Å²) in [6.45, 7) is 4.95. The molecule has 0 amide bonds. The maximum absolute atomic E-state index is 13.6. The first kappa shape index (κ1) is 21.5. The van der Waals surface area contributed by atoms with Gasteiger partial charge in [0.05, 0.1) is 41.7 Å². The molecule has 0 spiro atoms. The van der Waals surface area contributed by atoms with Crippen molar-refractivity contribution < 1.29 is 17.9 Å². The summed E-state index contributed by atoms with van der Waals surface area (Å²) < 4.78 is 48.9. The number of fused-ring (bicyclic) bond motifs is 1. The predicted molar refractivity (Wildman–Crippen MR) is 120 cm³/mol. The first-order valence-electron chi connectivity index (χ1n) is 12.2. The maximum Gasteiger partial charge on any atom is 0.394 e. The first-order chi connectivity index (χ1) is 16.6. The molecule has 35 heavy (non-hydrogen) atoms. The van der Waals surface area contributed by atoms with Crippen LogP contribution in [-0.2, 0) is 10.2 Å². The molecule has 3 aromatic heterocycles. The van der Waals surface area contributed by atoms with Gasteiger partial charge in [0.15, 0.2) is 5.65 Å². The second-order valence-electron chi connectivity index (χ2n) is 11.0. The van der Waals surface area contributed by atoms with Crippen molar-refractivity contribution in [3.05, 3.63) is 35.5 Å². The number of hydrogen-bond acceptors (Lipinski definition) is 7. The zero-order chi connectivity index (χ0) is 24.2. The summed E-state index contributed by atoms with van der Waals surface area (Å²) in [5.74, 6) is 0.480. The zero-order valence-electron chi connectivity index (χ0n) is 19.6. The minimum Gasteiger partial charge on any atom is -0.367 e. The summed E-state index contributed by atoms with van der Waals surface area (Å²) in [6.07, 6.45) is 3.59. The van der Waals surface area contributed by atoms with Crippen molar-refractivity contribution in [2.24, 2.45) is 5.41 Å². The Morgan fingerprint density at radius 3 is 2.54 bits per heavy atom. The summed E-state index contributed by atoms with van der Waals surface area (Å²) in [5, 5.41) is 4.50. The highest BCUT2D eigenvalue weighted by Crippen LogP contribution is 2.78. The Hall–Kier alpha value is -2.82. The lowest BCUT2D eigenvalue weighted by molar-refractivity contribution is -0.337. The summed E-state index contributed by atoms with van der Waals surface area (Å²) in [6, 6.07) is 0.488. The van der Waals surface area contributed by atoms with E-state index in [4.69, 9.17) is 14.7 Å². The van der Waals surface area contributed by atoms with Crippen LogP contribution in [0, 0.1) is 12.3 Å². The minimum absolute atomic E-state index is 0.0626. The third-order valence-electron chi connectivity index (χ3n) is 8.11. The van der Waals surface area contributed by atoms with Crippen LogP contribution in [0.4, 0.5) is 19.1 Å². The molecule has 5 aliphatic rings. The predicted octanol–water partition coefficient (Wildman–Crippen LogP) is 4.21. The van der Waals surface area contributed by atoms with Crippen LogP contribution in [0.1, 0.15) is 68.1 Å². The maximum atomic E-state index is 13.6. The van der Waals surface area contributed by atoms with Crippen LogP contribution in [0.25, 0.3) is 11.2 Å². The van der Waals surface area contributed by atoms with E-state index in [2.05, 4.69) is 26.2 Å². The number of ether oxygens (including phenoxy) is 1. The number of nitrogens with zero attached hydrogens (tertiary/aromatic N) is 7. The van der Waals surface area contributed by atoms with E-state index in [1.165, 1.54) is 0 Å². The van der Waals surface area contributed by atoms with Gasteiger partial charge in [-0.3, -0.25) is 4.68 Å². The van der Waals surface area contributed by atoms with Crippen molar-refractivity contribution in [2.45, 2.75) is 75.8 Å².